The fourth-order valence-electron chi connectivity index (χ4n) is 2.69. The summed E-state index contributed by atoms with van der Waals surface area (Å²) in [6, 6.07) is 10.1. The Kier molecular flexibility index (Phi) is 4.06. The number of hydrogen-bond donors (Lipinski definition) is 2. The van der Waals surface area contributed by atoms with Crippen LogP contribution in [0.5, 0.6) is 0 Å². The number of imide groups is 1. The van der Waals surface area contributed by atoms with E-state index in [9.17, 15) is 14.9 Å². The van der Waals surface area contributed by atoms with Gasteiger partial charge >= 0.3 is 12.1 Å². The first kappa shape index (κ1) is 15.8. The molecule has 0 saturated carbocycles. The highest BCUT2D eigenvalue weighted by Crippen LogP contribution is 2.32. The van der Waals surface area contributed by atoms with Crippen molar-refractivity contribution in [3.05, 3.63) is 57.9 Å². The number of thiophene rings is 1. The topological polar surface area (TPSA) is 93.4 Å². The second kappa shape index (κ2) is 6.18. The fraction of sp³-hybridized carbons (Fsp3) is 0.118. The van der Waals surface area contributed by atoms with Crippen LogP contribution in [-0.2, 0) is 0 Å². The van der Waals surface area contributed by atoms with Gasteiger partial charge in [0.2, 0.25) is 0 Å². The average molecular weight is 339 g/mol. The Morgan fingerprint density at radius 1 is 1.38 bits per heavy atom. The molecule has 1 aliphatic rings. The Bertz CT molecular complexity index is 881. The van der Waals surface area contributed by atoms with Crippen molar-refractivity contribution < 1.29 is 14.7 Å². The Morgan fingerprint density at radius 2 is 2.17 bits per heavy atom. The number of hydrogen-bond acceptors (Lipinski definition) is 4. The second-order valence-corrected chi connectivity index (χ2v) is 6.03. The standard InChI is InChI=1S/C17H13N3O3S/c1-10-14(8-18)15(19-16(21)20(10)17(22)23)12-4-2-3-11(7-12)13-5-6-24-9-13/h2-7,9,15H,1H3,(H,19,21)(H,22,23). The van der Waals surface area contributed by atoms with Gasteiger partial charge in [-0.15, -0.1) is 0 Å². The molecular formula is C17H13N3O3S. The number of amides is 3. The van der Waals surface area contributed by atoms with Gasteiger partial charge < -0.3 is 10.4 Å². The largest absolute Gasteiger partial charge is 0.464 e. The molecule has 6 nitrogen and oxygen atoms in total. The molecule has 0 spiro atoms. The number of nitriles is 1. The van der Waals surface area contributed by atoms with E-state index in [1.807, 2.05) is 47.2 Å². The third kappa shape index (κ3) is 2.64. The van der Waals surface area contributed by atoms with Gasteiger partial charge in [0, 0.05) is 5.70 Å². The molecule has 2 aromatic rings. The van der Waals surface area contributed by atoms with Gasteiger partial charge in [0.1, 0.15) is 0 Å². The Hall–Kier alpha value is -3.11. The van der Waals surface area contributed by atoms with Gasteiger partial charge in [-0.1, -0.05) is 18.2 Å². The van der Waals surface area contributed by atoms with Crippen molar-refractivity contribution in [3.63, 3.8) is 0 Å². The maximum atomic E-state index is 12.1. The number of nitrogens with zero attached hydrogens (tertiary/aromatic N) is 2. The lowest BCUT2D eigenvalue weighted by Crippen LogP contribution is -2.48. The summed E-state index contributed by atoms with van der Waals surface area (Å²) in [6.07, 6.45) is -1.41. The minimum absolute atomic E-state index is 0.125. The van der Waals surface area contributed by atoms with Gasteiger partial charge in [0.15, 0.2) is 0 Å². The molecule has 1 aromatic carbocycles. The molecule has 0 saturated heterocycles. The molecule has 1 atom stereocenters. The molecular weight excluding hydrogens is 326 g/mol. The van der Waals surface area contributed by atoms with Crippen LogP contribution in [0.1, 0.15) is 18.5 Å². The molecule has 1 unspecified atom stereocenters. The predicted molar refractivity (Wildman–Crippen MR) is 89.2 cm³/mol. The summed E-state index contributed by atoms with van der Waals surface area (Å²) in [7, 11) is 0. The van der Waals surface area contributed by atoms with Crippen molar-refractivity contribution in [1.29, 1.82) is 5.26 Å². The van der Waals surface area contributed by atoms with Gasteiger partial charge in [0.05, 0.1) is 17.7 Å². The molecule has 7 heteroatoms. The van der Waals surface area contributed by atoms with Crippen LogP contribution in [0.25, 0.3) is 11.1 Å². The SMILES string of the molecule is CC1=C(C#N)C(c2cccc(-c3ccsc3)c2)NC(=O)N1C(=O)O. The van der Waals surface area contributed by atoms with E-state index >= 15 is 0 Å². The highest BCUT2D eigenvalue weighted by atomic mass is 32.1. The van der Waals surface area contributed by atoms with Gasteiger partial charge in [-0.25, -0.2) is 14.5 Å². The lowest BCUT2D eigenvalue weighted by atomic mass is 9.94. The van der Waals surface area contributed by atoms with E-state index in [1.54, 1.807) is 11.3 Å². The van der Waals surface area contributed by atoms with Crippen molar-refractivity contribution in [1.82, 2.24) is 10.2 Å². The van der Waals surface area contributed by atoms with E-state index in [2.05, 4.69) is 5.32 Å². The first-order chi connectivity index (χ1) is 11.5. The van der Waals surface area contributed by atoms with Crippen molar-refractivity contribution in [2.45, 2.75) is 13.0 Å². The van der Waals surface area contributed by atoms with Crippen LogP contribution in [0.4, 0.5) is 9.59 Å². The molecule has 2 N–H and O–H groups in total. The average Bonchev–Trinajstić information content (AvgIpc) is 3.08. The molecule has 1 aliphatic heterocycles. The molecule has 3 rings (SSSR count). The molecule has 0 aliphatic carbocycles. The monoisotopic (exact) mass is 339 g/mol. The fourth-order valence-corrected chi connectivity index (χ4v) is 3.36. The number of carbonyl (C=O) groups is 2. The van der Waals surface area contributed by atoms with Crippen molar-refractivity contribution in [2.24, 2.45) is 0 Å². The van der Waals surface area contributed by atoms with Gasteiger partial charge in [0.25, 0.3) is 0 Å². The Morgan fingerprint density at radius 3 is 2.79 bits per heavy atom. The third-order valence-corrected chi connectivity index (χ3v) is 4.55. The molecule has 2 heterocycles. The maximum Gasteiger partial charge on any atom is 0.419 e. The highest BCUT2D eigenvalue weighted by molar-refractivity contribution is 7.08. The normalized spacial score (nSPS) is 17.4. The lowest BCUT2D eigenvalue weighted by Gasteiger charge is -2.31. The smallest absolute Gasteiger partial charge is 0.419 e. The molecule has 0 radical (unpaired) electrons. The summed E-state index contributed by atoms with van der Waals surface area (Å²) in [5.74, 6) is 0. The number of carbonyl (C=O) groups excluding carboxylic acids is 1. The predicted octanol–water partition coefficient (Wildman–Crippen LogP) is 3.96. The van der Waals surface area contributed by atoms with Gasteiger partial charge in [-0.05, 0) is 46.5 Å². The van der Waals surface area contributed by atoms with E-state index < -0.39 is 18.2 Å². The zero-order valence-electron chi connectivity index (χ0n) is 12.7. The van der Waals surface area contributed by atoms with E-state index in [-0.39, 0.29) is 11.3 Å². The Labute approximate surface area is 142 Å². The third-order valence-electron chi connectivity index (χ3n) is 3.87. The van der Waals surface area contributed by atoms with E-state index in [0.29, 0.717) is 4.90 Å². The minimum Gasteiger partial charge on any atom is -0.464 e. The summed E-state index contributed by atoms with van der Waals surface area (Å²) in [4.78, 5) is 23.9. The highest BCUT2D eigenvalue weighted by Gasteiger charge is 2.35. The summed E-state index contributed by atoms with van der Waals surface area (Å²) in [5, 5.41) is 25.2. The van der Waals surface area contributed by atoms with Crippen LogP contribution in [0, 0.1) is 11.3 Å². The second-order valence-electron chi connectivity index (χ2n) is 5.25. The molecule has 120 valence electrons. The van der Waals surface area contributed by atoms with Gasteiger partial charge in [-0.2, -0.15) is 16.6 Å². The first-order valence-electron chi connectivity index (χ1n) is 7.10. The van der Waals surface area contributed by atoms with Crippen LogP contribution in [0.15, 0.2) is 52.4 Å². The van der Waals surface area contributed by atoms with Crippen LogP contribution in [0.3, 0.4) is 0 Å². The van der Waals surface area contributed by atoms with Crippen LogP contribution in [-0.4, -0.2) is 22.1 Å². The van der Waals surface area contributed by atoms with Crippen molar-refractivity contribution in [2.75, 3.05) is 0 Å². The number of allylic oxidation sites excluding steroid dienone is 1. The number of nitrogens with one attached hydrogen (secondary N) is 1. The van der Waals surface area contributed by atoms with Crippen LogP contribution < -0.4 is 5.32 Å². The zero-order chi connectivity index (χ0) is 17.3. The zero-order valence-corrected chi connectivity index (χ0v) is 13.5. The molecule has 24 heavy (non-hydrogen) atoms. The quantitative estimate of drug-likeness (QED) is 0.866. The number of carboxylic acid groups (broad SMARTS) is 1. The summed E-state index contributed by atoms with van der Waals surface area (Å²) < 4.78 is 0. The lowest BCUT2D eigenvalue weighted by molar-refractivity contribution is 0.155. The van der Waals surface area contributed by atoms with Crippen molar-refractivity contribution >= 4 is 23.5 Å². The minimum atomic E-state index is -1.41. The number of benzene rings is 1. The number of rotatable bonds is 2. The summed E-state index contributed by atoms with van der Waals surface area (Å²) in [5.41, 5.74) is 3.08. The number of urea groups is 1. The molecule has 1 aromatic heterocycles. The summed E-state index contributed by atoms with van der Waals surface area (Å²) in [6.45, 7) is 1.46. The molecule has 0 bridgehead atoms. The van der Waals surface area contributed by atoms with Crippen LogP contribution >= 0.6 is 11.3 Å². The molecule has 3 amide bonds. The summed E-state index contributed by atoms with van der Waals surface area (Å²) >= 11 is 1.58. The van der Waals surface area contributed by atoms with Crippen LogP contribution in [0.2, 0.25) is 0 Å². The molecule has 0 fully saturated rings. The van der Waals surface area contributed by atoms with E-state index in [1.165, 1.54) is 6.92 Å². The van der Waals surface area contributed by atoms with E-state index in [4.69, 9.17) is 5.11 Å². The van der Waals surface area contributed by atoms with E-state index in [0.717, 1.165) is 16.7 Å². The first-order valence-corrected chi connectivity index (χ1v) is 8.04. The van der Waals surface area contributed by atoms with Crippen molar-refractivity contribution in [3.8, 4) is 17.2 Å². The Balaban J connectivity index is 2.07. The van der Waals surface area contributed by atoms with Gasteiger partial charge in [-0.3, -0.25) is 0 Å². The maximum absolute atomic E-state index is 12.1.